The zero-order valence-corrected chi connectivity index (χ0v) is 21.9. The molecule has 3 heterocycles. The van der Waals surface area contributed by atoms with Crippen molar-refractivity contribution in [1.82, 2.24) is 4.98 Å². The van der Waals surface area contributed by atoms with Crippen LogP contribution in [-0.4, -0.2) is 22.0 Å². The lowest BCUT2D eigenvalue weighted by Gasteiger charge is -2.29. The van der Waals surface area contributed by atoms with Crippen LogP contribution in [0, 0.1) is 19.8 Å². The van der Waals surface area contributed by atoms with Gasteiger partial charge in [0.1, 0.15) is 17.6 Å². The predicted octanol–water partition coefficient (Wildman–Crippen LogP) is 5.43. The summed E-state index contributed by atoms with van der Waals surface area (Å²) in [5, 5.41) is 0.0712. The standard InChI is InChI=1S/C29H24N2O4S2/c1-16-3-7-18(8-4-16)15-35-21-13-9-19(10-14-21)22-23-25(36-26-24(22)37-29(34)30-26)28(33)31(27(23)32)20-11-5-17(2)6-12-20/h3-14,22-23,25H,15H2,1-2H3,(H,30,34)/t22-,23?,25?/m1/s1. The third kappa shape index (κ3) is 4.30. The third-order valence-corrected chi connectivity index (χ3v) is 9.28. The van der Waals surface area contributed by atoms with Crippen molar-refractivity contribution in [2.75, 3.05) is 4.90 Å². The first-order chi connectivity index (χ1) is 17.9. The molecule has 1 fully saturated rings. The van der Waals surface area contributed by atoms with E-state index in [0.29, 0.717) is 23.1 Å². The van der Waals surface area contributed by atoms with E-state index in [2.05, 4.69) is 17.1 Å². The number of aromatic nitrogens is 1. The number of thiazole rings is 1. The van der Waals surface area contributed by atoms with Gasteiger partial charge in [-0.3, -0.25) is 14.4 Å². The lowest BCUT2D eigenvalue weighted by atomic mass is 9.83. The zero-order chi connectivity index (χ0) is 25.7. The van der Waals surface area contributed by atoms with Crippen LogP contribution in [-0.2, 0) is 16.2 Å². The molecule has 186 valence electrons. The molecule has 37 heavy (non-hydrogen) atoms. The molecule has 0 spiro atoms. The number of nitrogens with zero attached hydrogens (tertiary/aromatic N) is 1. The molecule has 8 heteroatoms. The van der Waals surface area contributed by atoms with Crippen LogP contribution < -0.4 is 14.5 Å². The van der Waals surface area contributed by atoms with Crippen LogP contribution in [0.15, 0.2) is 82.6 Å². The van der Waals surface area contributed by atoms with Crippen LogP contribution in [0.1, 0.15) is 33.0 Å². The van der Waals surface area contributed by atoms with E-state index in [0.717, 1.165) is 32.9 Å². The molecule has 3 aromatic carbocycles. The first-order valence-electron chi connectivity index (χ1n) is 12.0. The highest BCUT2D eigenvalue weighted by atomic mass is 32.2. The number of nitrogens with one attached hydrogen (secondary N) is 1. The Balaban J connectivity index is 1.32. The molecule has 6 rings (SSSR count). The second kappa shape index (κ2) is 9.36. The van der Waals surface area contributed by atoms with Gasteiger partial charge in [-0.15, -0.1) is 0 Å². The number of hydrogen-bond acceptors (Lipinski definition) is 6. The zero-order valence-electron chi connectivity index (χ0n) is 20.3. The number of H-pyrrole nitrogens is 1. The van der Waals surface area contributed by atoms with Crippen molar-refractivity contribution in [3.05, 3.63) is 110 Å². The van der Waals surface area contributed by atoms with E-state index >= 15 is 0 Å². The Kier molecular flexibility index (Phi) is 6.01. The Morgan fingerprint density at radius 2 is 1.49 bits per heavy atom. The highest BCUT2D eigenvalue weighted by Gasteiger charge is 2.56. The summed E-state index contributed by atoms with van der Waals surface area (Å²) in [5.41, 5.74) is 4.78. The maximum absolute atomic E-state index is 13.8. The third-order valence-electron chi connectivity index (χ3n) is 6.88. The second-order valence-corrected chi connectivity index (χ2v) is 11.6. The summed E-state index contributed by atoms with van der Waals surface area (Å²) in [6, 6.07) is 23.2. The predicted molar refractivity (Wildman–Crippen MR) is 146 cm³/mol. The van der Waals surface area contributed by atoms with Gasteiger partial charge in [0, 0.05) is 10.8 Å². The minimum absolute atomic E-state index is 0.184. The van der Waals surface area contributed by atoms with E-state index in [1.807, 2.05) is 62.4 Å². The van der Waals surface area contributed by atoms with Crippen molar-refractivity contribution in [3.8, 4) is 5.75 Å². The number of anilines is 1. The monoisotopic (exact) mass is 528 g/mol. The molecule has 0 radical (unpaired) electrons. The summed E-state index contributed by atoms with van der Waals surface area (Å²) in [5.74, 6) is -0.767. The van der Waals surface area contributed by atoms with Crippen molar-refractivity contribution in [1.29, 1.82) is 0 Å². The largest absolute Gasteiger partial charge is 0.489 e. The van der Waals surface area contributed by atoms with Gasteiger partial charge >= 0.3 is 4.87 Å². The maximum atomic E-state index is 13.8. The molecule has 0 saturated carbocycles. The summed E-state index contributed by atoms with van der Waals surface area (Å²) in [7, 11) is 0. The minimum Gasteiger partial charge on any atom is -0.489 e. The van der Waals surface area contributed by atoms with E-state index < -0.39 is 17.1 Å². The molecule has 6 nitrogen and oxygen atoms in total. The number of aromatic amines is 1. The number of imide groups is 1. The summed E-state index contributed by atoms with van der Waals surface area (Å²) >= 11 is 2.40. The first-order valence-corrected chi connectivity index (χ1v) is 13.7. The molecule has 2 aliphatic heterocycles. The average Bonchev–Trinajstić information content (AvgIpc) is 3.39. The fourth-order valence-electron chi connectivity index (χ4n) is 4.95. The number of carbonyl (C=O) groups is 2. The summed E-state index contributed by atoms with van der Waals surface area (Å²) in [6.45, 7) is 4.46. The quantitative estimate of drug-likeness (QED) is 0.350. The van der Waals surface area contributed by atoms with Crippen LogP contribution in [0.25, 0.3) is 0 Å². The highest BCUT2D eigenvalue weighted by molar-refractivity contribution is 8.00. The topological polar surface area (TPSA) is 79.5 Å². The van der Waals surface area contributed by atoms with Crippen LogP contribution in [0.2, 0.25) is 0 Å². The summed E-state index contributed by atoms with van der Waals surface area (Å²) < 4.78 is 5.97. The van der Waals surface area contributed by atoms with Crippen LogP contribution in [0.5, 0.6) is 5.75 Å². The molecule has 4 aromatic rings. The maximum Gasteiger partial charge on any atom is 0.305 e. The summed E-state index contributed by atoms with van der Waals surface area (Å²) in [6.07, 6.45) is 0. The van der Waals surface area contributed by atoms with Crippen molar-refractivity contribution in [3.63, 3.8) is 0 Å². The molecule has 0 aliphatic carbocycles. The van der Waals surface area contributed by atoms with E-state index in [4.69, 9.17) is 4.74 Å². The number of fused-ring (bicyclic) bond motifs is 2. The molecule has 2 amide bonds. The number of hydrogen-bond donors (Lipinski definition) is 1. The van der Waals surface area contributed by atoms with E-state index in [1.54, 1.807) is 12.1 Å². The fraction of sp³-hybridized carbons (Fsp3) is 0.207. The molecular formula is C29H24N2O4S2. The Labute approximate surface area is 222 Å². The Morgan fingerprint density at radius 3 is 2.16 bits per heavy atom. The first kappa shape index (κ1) is 23.8. The number of carbonyl (C=O) groups excluding carboxylic acids is 2. The Hall–Kier alpha value is -3.62. The van der Waals surface area contributed by atoms with Gasteiger partial charge in [0.15, 0.2) is 0 Å². The number of aryl methyl sites for hydroxylation is 2. The van der Waals surface area contributed by atoms with E-state index in [9.17, 15) is 14.4 Å². The van der Waals surface area contributed by atoms with Gasteiger partial charge in [0.2, 0.25) is 11.8 Å². The van der Waals surface area contributed by atoms with Gasteiger partial charge in [-0.25, -0.2) is 4.90 Å². The van der Waals surface area contributed by atoms with E-state index in [1.165, 1.54) is 22.2 Å². The van der Waals surface area contributed by atoms with Crippen LogP contribution in [0.4, 0.5) is 5.69 Å². The van der Waals surface area contributed by atoms with Crippen molar-refractivity contribution < 1.29 is 14.3 Å². The molecule has 1 saturated heterocycles. The fourth-order valence-corrected chi connectivity index (χ4v) is 7.46. The van der Waals surface area contributed by atoms with Gasteiger partial charge in [0.25, 0.3) is 0 Å². The van der Waals surface area contributed by atoms with Gasteiger partial charge in [0.05, 0.1) is 16.6 Å². The molecular weight excluding hydrogens is 504 g/mol. The molecule has 2 unspecified atom stereocenters. The Morgan fingerprint density at radius 1 is 0.838 bits per heavy atom. The van der Waals surface area contributed by atoms with Crippen molar-refractivity contribution in [2.45, 2.75) is 36.6 Å². The number of thioether (sulfide) groups is 1. The molecule has 1 N–H and O–H groups in total. The SMILES string of the molecule is Cc1ccc(COc2ccc([C@H]3c4sc(=O)[nH]c4SC4C(=O)N(c5ccc(C)cc5)C(=O)C43)cc2)cc1. The van der Waals surface area contributed by atoms with Crippen molar-refractivity contribution in [2.24, 2.45) is 5.92 Å². The molecule has 1 aromatic heterocycles. The Bertz CT molecular complexity index is 1540. The minimum atomic E-state index is -0.603. The van der Waals surface area contributed by atoms with Gasteiger partial charge < -0.3 is 9.72 Å². The average molecular weight is 529 g/mol. The second-order valence-electron chi connectivity index (χ2n) is 9.44. The molecule has 3 atom stereocenters. The highest BCUT2D eigenvalue weighted by Crippen LogP contribution is 2.53. The van der Waals surface area contributed by atoms with Gasteiger partial charge in [-0.2, -0.15) is 0 Å². The number of benzene rings is 3. The molecule has 2 aliphatic rings. The number of rotatable bonds is 5. The smallest absolute Gasteiger partial charge is 0.305 e. The van der Waals surface area contributed by atoms with E-state index in [-0.39, 0.29) is 16.7 Å². The number of ether oxygens (including phenoxy) is 1. The molecule has 0 bridgehead atoms. The summed E-state index contributed by atoms with van der Waals surface area (Å²) in [4.78, 5) is 44.4. The van der Waals surface area contributed by atoms with Gasteiger partial charge in [-0.05, 0) is 49.2 Å². The number of amides is 2. The van der Waals surface area contributed by atoms with Crippen LogP contribution >= 0.6 is 23.1 Å². The van der Waals surface area contributed by atoms with Gasteiger partial charge in [-0.1, -0.05) is 82.8 Å². The lowest BCUT2D eigenvalue weighted by Crippen LogP contribution is -2.32. The lowest BCUT2D eigenvalue weighted by molar-refractivity contribution is -0.122. The van der Waals surface area contributed by atoms with Crippen LogP contribution in [0.3, 0.4) is 0 Å². The normalized spacial score (nSPS) is 20.6. The van der Waals surface area contributed by atoms with Crippen molar-refractivity contribution >= 4 is 40.6 Å².